The summed E-state index contributed by atoms with van der Waals surface area (Å²) in [4.78, 5) is 11.1. The largest absolute Gasteiger partial charge is 0.497 e. The van der Waals surface area contributed by atoms with Crippen molar-refractivity contribution in [1.82, 2.24) is 4.57 Å². The number of nitrogen functional groups attached to an aromatic ring is 1. The van der Waals surface area contributed by atoms with Crippen LogP contribution in [0.2, 0.25) is 0 Å². The van der Waals surface area contributed by atoms with E-state index in [1.54, 1.807) is 22.9 Å². The molecule has 0 unspecified atom stereocenters. The fourth-order valence-corrected chi connectivity index (χ4v) is 1.62. The molecule has 0 aliphatic heterocycles. The number of halogens is 1. The Morgan fingerprint density at radius 2 is 2.17 bits per heavy atom. The maximum Gasteiger partial charge on any atom is 0.204 e. The summed E-state index contributed by atoms with van der Waals surface area (Å²) in [5, 5.41) is 0. The molecule has 0 bridgehead atoms. The molecule has 2 N–H and O–H groups in total. The first-order valence-corrected chi connectivity index (χ1v) is 5.38. The molecule has 1 heterocycles. The van der Waals surface area contributed by atoms with Crippen LogP contribution < -0.4 is 15.9 Å². The van der Waals surface area contributed by atoms with Crippen LogP contribution in [0.25, 0.3) is 0 Å². The summed E-state index contributed by atoms with van der Waals surface area (Å²) in [6.45, 7) is 0.306. The molecule has 0 saturated heterocycles. The maximum atomic E-state index is 13.7. The van der Waals surface area contributed by atoms with E-state index in [0.29, 0.717) is 17.9 Å². The van der Waals surface area contributed by atoms with Crippen molar-refractivity contribution in [3.63, 3.8) is 0 Å². The van der Waals surface area contributed by atoms with Crippen molar-refractivity contribution in [2.24, 2.45) is 0 Å². The molecule has 0 saturated carbocycles. The first-order chi connectivity index (χ1) is 8.60. The topological polar surface area (TPSA) is 57.2 Å². The Morgan fingerprint density at radius 1 is 1.39 bits per heavy atom. The highest BCUT2D eigenvalue weighted by Gasteiger charge is 2.05. The van der Waals surface area contributed by atoms with E-state index in [9.17, 15) is 9.18 Å². The zero-order chi connectivity index (χ0) is 13.1. The molecule has 0 radical (unpaired) electrons. The molecule has 4 nitrogen and oxygen atoms in total. The lowest BCUT2D eigenvalue weighted by molar-refractivity contribution is 0.410. The molecule has 2 rings (SSSR count). The summed E-state index contributed by atoms with van der Waals surface area (Å²) >= 11 is 0. The number of methoxy groups -OCH3 is 1. The fourth-order valence-electron chi connectivity index (χ4n) is 1.62. The van der Waals surface area contributed by atoms with Crippen LogP contribution in [0.1, 0.15) is 5.56 Å². The Balaban J connectivity index is 2.28. The minimum atomic E-state index is -0.355. The number of hydrogen-bond donors (Lipinski definition) is 1. The summed E-state index contributed by atoms with van der Waals surface area (Å²) in [5.74, 6) is 0.113. The molecule has 18 heavy (non-hydrogen) atoms. The van der Waals surface area contributed by atoms with Gasteiger partial charge in [-0.05, 0) is 6.07 Å². The van der Waals surface area contributed by atoms with Crippen molar-refractivity contribution < 1.29 is 9.13 Å². The van der Waals surface area contributed by atoms with Crippen LogP contribution in [0.5, 0.6) is 5.75 Å². The van der Waals surface area contributed by atoms with Gasteiger partial charge in [-0.25, -0.2) is 4.39 Å². The Labute approximate surface area is 103 Å². The first kappa shape index (κ1) is 12.2. The number of hydrogen-bond acceptors (Lipinski definition) is 3. The minimum absolute atomic E-state index is 0.145. The summed E-state index contributed by atoms with van der Waals surface area (Å²) < 4.78 is 20.3. The van der Waals surface area contributed by atoms with Crippen molar-refractivity contribution in [1.29, 1.82) is 0 Å². The zero-order valence-corrected chi connectivity index (χ0v) is 9.89. The molecule has 0 amide bonds. The monoisotopic (exact) mass is 248 g/mol. The summed E-state index contributed by atoms with van der Waals surface area (Å²) in [6, 6.07) is 6.00. The Kier molecular flexibility index (Phi) is 3.32. The van der Waals surface area contributed by atoms with Gasteiger partial charge in [0.05, 0.1) is 12.8 Å². The number of pyridine rings is 1. The average molecular weight is 248 g/mol. The lowest BCUT2D eigenvalue weighted by Crippen LogP contribution is -2.11. The van der Waals surface area contributed by atoms with E-state index in [2.05, 4.69) is 0 Å². The highest BCUT2D eigenvalue weighted by Crippen LogP contribution is 2.17. The van der Waals surface area contributed by atoms with Crippen LogP contribution >= 0.6 is 0 Å². The van der Waals surface area contributed by atoms with Crippen molar-refractivity contribution in [3.8, 4) is 5.75 Å². The third-order valence-electron chi connectivity index (χ3n) is 2.62. The van der Waals surface area contributed by atoms with Crippen LogP contribution in [0.15, 0.2) is 41.5 Å². The fraction of sp³-hybridized carbons (Fsp3) is 0.154. The molecule has 2 aromatic rings. The maximum absolute atomic E-state index is 13.7. The predicted molar refractivity (Wildman–Crippen MR) is 67.2 cm³/mol. The van der Waals surface area contributed by atoms with Crippen LogP contribution in [0, 0.1) is 5.82 Å². The van der Waals surface area contributed by atoms with Gasteiger partial charge < -0.3 is 15.0 Å². The van der Waals surface area contributed by atoms with Gasteiger partial charge in [-0.3, -0.25) is 4.79 Å². The van der Waals surface area contributed by atoms with E-state index in [1.165, 1.54) is 25.4 Å². The van der Waals surface area contributed by atoms with E-state index >= 15 is 0 Å². The van der Waals surface area contributed by atoms with E-state index in [1.807, 2.05) is 0 Å². The second kappa shape index (κ2) is 4.91. The summed E-state index contributed by atoms with van der Waals surface area (Å²) in [7, 11) is 1.48. The van der Waals surface area contributed by atoms with Gasteiger partial charge in [0.1, 0.15) is 11.6 Å². The van der Waals surface area contributed by atoms with E-state index in [-0.39, 0.29) is 16.9 Å². The van der Waals surface area contributed by atoms with Crippen molar-refractivity contribution >= 4 is 5.69 Å². The lowest BCUT2D eigenvalue weighted by atomic mass is 10.2. The molecular formula is C13H13FN2O2. The molecule has 0 fully saturated rings. The number of ether oxygens (including phenoxy) is 1. The minimum Gasteiger partial charge on any atom is -0.497 e. The smallest absolute Gasteiger partial charge is 0.204 e. The number of aromatic nitrogens is 1. The normalized spacial score (nSPS) is 10.3. The number of anilines is 1. The van der Waals surface area contributed by atoms with E-state index in [4.69, 9.17) is 10.5 Å². The first-order valence-electron chi connectivity index (χ1n) is 5.38. The highest BCUT2D eigenvalue weighted by molar-refractivity contribution is 5.34. The third kappa shape index (κ3) is 2.51. The Hall–Kier alpha value is -2.30. The van der Waals surface area contributed by atoms with E-state index < -0.39 is 0 Å². The second-order valence-electron chi connectivity index (χ2n) is 3.89. The number of nitrogens with zero attached hydrogens (tertiary/aromatic N) is 1. The second-order valence-corrected chi connectivity index (χ2v) is 3.89. The summed E-state index contributed by atoms with van der Waals surface area (Å²) in [6.07, 6.45) is 3.06. The molecule has 0 aliphatic carbocycles. The molecule has 5 heteroatoms. The van der Waals surface area contributed by atoms with Crippen molar-refractivity contribution in [2.45, 2.75) is 6.54 Å². The Bertz CT molecular complexity index is 623. The molecule has 0 atom stereocenters. The number of benzene rings is 1. The van der Waals surface area contributed by atoms with Gasteiger partial charge in [-0.2, -0.15) is 0 Å². The third-order valence-corrected chi connectivity index (χ3v) is 2.62. The predicted octanol–water partition coefficient (Wildman–Crippen LogP) is 1.63. The number of rotatable bonds is 3. The van der Waals surface area contributed by atoms with Crippen LogP contribution in [-0.4, -0.2) is 11.7 Å². The average Bonchev–Trinajstić information content (AvgIpc) is 2.36. The van der Waals surface area contributed by atoms with Gasteiger partial charge in [0.2, 0.25) is 5.43 Å². The van der Waals surface area contributed by atoms with Gasteiger partial charge in [0, 0.05) is 36.6 Å². The van der Waals surface area contributed by atoms with E-state index in [0.717, 1.165) is 0 Å². The molecule has 94 valence electrons. The lowest BCUT2D eigenvalue weighted by Gasteiger charge is -2.09. The van der Waals surface area contributed by atoms with Gasteiger partial charge in [-0.1, -0.05) is 6.07 Å². The molecule has 1 aromatic heterocycles. The molecule has 1 aromatic carbocycles. The standard InChI is InChI=1S/C13H13FN2O2/c1-18-10-3-2-9(11(14)6-10)7-16-5-4-13(17)12(15)8-16/h2-6,8H,7,15H2,1H3. The molecular weight excluding hydrogens is 235 g/mol. The van der Waals surface area contributed by atoms with Crippen LogP contribution in [0.4, 0.5) is 10.1 Å². The highest BCUT2D eigenvalue weighted by atomic mass is 19.1. The SMILES string of the molecule is COc1ccc(Cn2ccc(=O)c(N)c2)c(F)c1. The van der Waals surface area contributed by atoms with Gasteiger partial charge >= 0.3 is 0 Å². The molecule has 0 aliphatic rings. The quantitative estimate of drug-likeness (QED) is 0.898. The van der Waals surface area contributed by atoms with Gasteiger partial charge in [0.25, 0.3) is 0 Å². The van der Waals surface area contributed by atoms with Crippen LogP contribution in [-0.2, 0) is 6.54 Å². The van der Waals surface area contributed by atoms with Gasteiger partial charge in [-0.15, -0.1) is 0 Å². The van der Waals surface area contributed by atoms with Crippen LogP contribution in [0.3, 0.4) is 0 Å². The Morgan fingerprint density at radius 3 is 2.78 bits per heavy atom. The van der Waals surface area contributed by atoms with Gasteiger partial charge in [0.15, 0.2) is 0 Å². The summed E-state index contributed by atoms with van der Waals surface area (Å²) in [5.41, 5.74) is 5.92. The van der Waals surface area contributed by atoms with Crippen molar-refractivity contribution in [2.75, 3.05) is 12.8 Å². The zero-order valence-electron chi connectivity index (χ0n) is 9.89. The van der Waals surface area contributed by atoms with Crippen molar-refractivity contribution in [3.05, 3.63) is 58.3 Å². The molecule has 0 spiro atoms. The number of nitrogens with two attached hydrogens (primary N) is 1.